The molecule has 0 atom stereocenters. The van der Waals surface area contributed by atoms with Crippen molar-refractivity contribution in [1.82, 2.24) is 0 Å². The Hall–Kier alpha value is -1.56. The van der Waals surface area contributed by atoms with Crippen molar-refractivity contribution in [3.05, 3.63) is 29.3 Å². The third-order valence-electron chi connectivity index (χ3n) is 2.52. The second-order valence-corrected chi connectivity index (χ2v) is 6.45. The SMILES string of the molecule is COC(=O)c1ccc(NS(=O)(=O)C(C)C)c(C)c1. The molecule has 0 fully saturated rings. The Labute approximate surface area is 107 Å². The van der Waals surface area contributed by atoms with Crippen molar-refractivity contribution in [2.45, 2.75) is 26.0 Å². The third kappa shape index (κ3) is 3.22. The zero-order valence-electron chi connectivity index (χ0n) is 10.9. The number of hydrogen-bond acceptors (Lipinski definition) is 4. The first-order chi connectivity index (χ1) is 8.27. The molecule has 1 rings (SSSR count). The molecular weight excluding hydrogens is 254 g/mol. The van der Waals surface area contributed by atoms with Crippen LogP contribution in [-0.2, 0) is 14.8 Å². The highest BCUT2D eigenvalue weighted by molar-refractivity contribution is 7.93. The quantitative estimate of drug-likeness (QED) is 0.849. The highest BCUT2D eigenvalue weighted by atomic mass is 32.2. The summed E-state index contributed by atoms with van der Waals surface area (Å²) in [6, 6.07) is 4.67. The summed E-state index contributed by atoms with van der Waals surface area (Å²) >= 11 is 0. The molecule has 0 bridgehead atoms. The monoisotopic (exact) mass is 271 g/mol. The van der Waals surface area contributed by atoms with Gasteiger partial charge in [-0.15, -0.1) is 0 Å². The summed E-state index contributed by atoms with van der Waals surface area (Å²) in [5.74, 6) is -0.448. The Bertz CT molecular complexity index is 549. The molecule has 0 heterocycles. The van der Waals surface area contributed by atoms with Crippen LogP contribution >= 0.6 is 0 Å². The van der Waals surface area contributed by atoms with Gasteiger partial charge in [0, 0.05) is 0 Å². The molecule has 0 saturated heterocycles. The number of nitrogens with one attached hydrogen (secondary N) is 1. The summed E-state index contributed by atoms with van der Waals surface area (Å²) in [5.41, 5.74) is 1.53. The van der Waals surface area contributed by atoms with E-state index in [0.717, 1.165) is 0 Å². The first kappa shape index (κ1) is 14.5. The molecule has 0 spiro atoms. The molecule has 0 unspecified atom stereocenters. The lowest BCUT2D eigenvalue weighted by Crippen LogP contribution is -2.23. The summed E-state index contributed by atoms with van der Waals surface area (Å²) in [6.07, 6.45) is 0. The predicted octanol–water partition coefficient (Wildman–Crippen LogP) is 1.93. The number of ether oxygens (including phenoxy) is 1. The van der Waals surface area contributed by atoms with Gasteiger partial charge in [-0.25, -0.2) is 13.2 Å². The van der Waals surface area contributed by atoms with Crippen LogP contribution in [0.1, 0.15) is 29.8 Å². The number of anilines is 1. The minimum atomic E-state index is -3.38. The van der Waals surface area contributed by atoms with E-state index in [4.69, 9.17) is 0 Å². The molecule has 0 aliphatic carbocycles. The molecule has 6 heteroatoms. The standard InChI is InChI=1S/C12H17NO4S/c1-8(2)18(15,16)13-11-6-5-10(7-9(11)3)12(14)17-4/h5-8,13H,1-4H3. The zero-order chi connectivity index (χ0) is 13.9. The average molecular weight is 271 g/mol. The van der Waals surface area contributed by atoms with E-state index < -0.39 is 21.2 Å². The Kier molecular flexibility index (Phi) is 4.34. The largest absolute Gasteiger partial charge is 0.465 e. The first-order valence-electron chi connectivity index (χ1n) is 5.48. The second-order valence-electron chi connectivity index (χ2n) is 4.22. The van der Waals surface area contributed by atoms with Crippen LogP contribution in [0.5, 0.6) is 0 Å². The third-order valence-corrected chi connectivity index (χ3v) is 4.27. The fourth-order valence-electron chi connectivity index (χ4n) is 1.29. The van der Waals surface area contributed by atoms with Gasteiger partial charge in [0.15, 0.2) is 0 Å². The zero-order valence-corrected chi connectivity index (χ0v) is 11.7. The number of aryl methyl sites for hydroxylation is 1. The second kappa shape index (κ2) is 5.39. The lowest BCUT2D eigenvalue weighted by atomic mass is 10.1. The smallest absolute Gasteiger partial charge is 0.337 e. The summed E-state index contributed by atoms with van der Waals surface area (Å²) in [7, 11) is -2.08. The van der Waals surface area contributed by atoms with Crippen molar-refractivity contribution < 1.29 is 17.9 Å². The molecule has 0 aliphatic heterocycles. The molecule has 1 aromatic rings. The van der Waals surface area contributed by atoms with Gasteiger partial charge in [0.2, 0.25) is 10.0 Å². The van der Waals surface area contributed by atoms with Gasteiger partial charge in [0.25, 0.3) is 0 Å². The molecular formula is C12H17NO4S. The molecule has 0 aliphatic rings. The van der Waals surface area contributed by atoms with Crippen molar-refractivity contribution in [2.75, 3.05) is 11.8 Å². The number of carbonyl (C=O) groups excluding carboxylic acids is 1. The van der Waals surface area contributed by atoms with Gasteiger partial charge in [-0.05, 0) is 44.5 Å². The highest BCUT2D eigenvalue weighted by Gasteiger charge is 2.17. The van der Waals surface area contributed by atoms with Gasteiger partial charge in [-0.2, -0.15) is 0 Å². The summed E-state index contributed by atoms with van der Waals surface area (Å²) in [4.78, 5) is 11.3. The van der Waals surface area contributed by atoms with Gasteiger partial charge >= 0.3 is 5.97 Å². The molecule has 0 radical (unpaired) electrons. The summed E-state index contributed by atoms with van der Waals surface area (Å²) < 4.78 is 30.5. The molecule has 1 N–H and O–H groups in total. The number of carbonyl (C=O) groups is 1. The minimum absolute atomic E-state index is 0.391. The van der Waals surface area contributed by atoms with Crippen LogP contribution in [0, 0.1) is 6.92 Å². The van der Waals surface area contributed by atoms with E-state index in [2.05, 4.69) is 9.46 Å². The number of benzene rings is 1. The van der Waals surface area contributed by atoms with Crippen LogP contribution in [0.3, 0.4) is 0 Å². The maximum atomic E-state index is 11.7. The van der Waals surface area contributed by atoms with Crippen LogP contribution in [0.15, 0.2) is 18.2 Å². The van der Waals surface area contributed by atoms with E-state index in [9.17, 15) is 13.2 Å². The van der Waals surface area contributed by atoms with E-state index in [1.54, 1.807) is 32.9 Å². The van der Waals surface area contributed by atoms with E-state index >= 15 is 0 Å². The van der Waals surface area contributed by atoms with Crippen LogP contribution < -0.4 is 4.72 Å². The van der Waals surface area contributed by atoms with Gasteiger partial charge in [-0.1, -0.05) is 0 Å². The Morgan fingerprint density at radius 3 is 2.39 bits per heavy atom. The maximum Gasteiger partial charge on any atom is 0.337 e. The van der Waals surface area contributed by atoms with Gasteiger partial charge in [-0.3, -0.25) is 4.72 Å². The van der Waals surface area contributed by atoms with Crippen LogP contribution in [0.25, 0.3) is 0 Å². The fraction of sp³-hybridized carbons (Fsp3) is 0.417. The molecule has 1 aromatic carbocycles. The van der Waals surface area contributed by atoms with Crippen LogP contribution in [0.2, 0.25) is 0 Å². The summed E-state index contributed by atoms with van der Waals surface area (Å²) in [5, 5.41) is -0.516. The molecule has 0 amide bonds. The number of hydrogen-bond donors (Lipinski definition) is 1. The van der Waals surface area contributed by atoms with Crippen molar-refractivity contribution in [3.8, 4) is 0 Å². The normalized spacial score (nSPS) is 11.4. The minimum Gasteiger partial charge on any atom is -0.465 e. The number of methoxy groups -OCH3 is 1. The van der Waals surface area contributed by atoms with Gasteiger partial charge < -0.3 is 4.74 Å². The fourth-order valence-corrected chi connectivity index (χ4v) is 2.07. The lowest BCUT2D eigenvalue weighted by Gasteiger charge is -2.13. The highest BCUT2D eigenvalue weighted by Crippen LogP contribution is 2.19. The van der Waals surface area contributed by atoms with Crippen molar-refractivity contribution in [3.63, 3.8) is 0 Å². The predicted molar refractivity (Wildman–Crippen MR) is 70.2 cm³/mol. The van der Waals surface area contributed by atoms with E-state index in [1.165, 1.54) is 13.2 Å². The van der Waals surface area contributed by atoms with Crippen molar-refractivity contribution >= 4 is 21.7 Å². The Balaban J connectivity index is 3.04. The van der Waals surface area contributed by atoms with E-state index in [-0.39, 0.29) is 0 Å². The van der Waals surface area contributed by atoms with E-state index in [0.29, 0.717) is 16.8 Å². The van der Waals surface area contributed by atoms with Crippen LogP contribution in [0.4, 0.5) is 5.69 Å². The summed E-state index contributed by atoms with van der Waals surface area (Å²) in [6.45, 7) is 4.92. The molecule has 0 saturated carbocycles. The molecule has 100 valence electrons. The van der Waals surface area contributed by atoms with Gasteiger partial charge in [0.05, 0.1) is 23.6 Å². The lowest BCUT2D eigenvalue weighted by molar-refractivity contribution is 0.0600. The number of sulfonamides is 1. The van der Waals surface area contributed by atoms with Crippen LogP contribution in [-0.4, -0.2) is 26.7 Å². The average Bonchev–Trinajstić information content (AvgIpc) is 2.30. The Morgan fingerprint density at radius 1 is 1.33 bits per heavy atom. The maximum absolute atomic E-state index is 11.7. The Morgan fingerprint density at radius 2 is 1.94 bits per heavy atom. The van der Waals surface area contributed by atoms with Crippen molar-refractivity contribution in [2.24, 2.45) is 0 Å². The topological polar surface area (TPSA) is 72.5 Å². The number of esters is 1. The molecule has 5 nitrogen and oxygen atoms in total. The number of rotatable bonds is 4. The molecule has 0 aromatic heterocycles. The van der Waals surface area contributed by atoms with Crippen molar-refractivity contribution in [1.29, 1.82) is 0 Å². The van der Waals surface area contributed by atoms with Gasteiger partial charge in [0.1, 0.15) is 0 Å². The first-order valence-corrected chi connectivity index (χ1v) is 7.03. The van der Waals surface area contributed by atoms with E-state index in [1.807, 2.05) is 0 Å². The molecule has 18 heavy (non-hydrogen) atoms.